The Morgan fingerprint density at radius 2 is 1.78 bits per heavy atom. The molecule has 0 atom stereocenters. The molecule has 27 heavy (non-hydrogen) atoms. The van der Waals surface area contributed by atoms with Crippen LogP contribution in [-0.2, 0) is 4.79 Å². The Bertz CT molecular complexity index is 861. The van der Waals surface area contributed by atoms with Gasteiger partial charge in [0.05, 0.1) is 20.8 Å². The predicted octanol–water partition coefficient (Wildman–Crippen LogP) is 3.79. The molecule has 2 aromatic rings. The van der Waals surface area contributed by atoms with E-state index in [4.69, 9.17) is 14.2 Å². The zero-order valence-electron chi connectivity index (χ0n) is 15.2. The van der Waals surface area contributed by atoms with Crippen LogP contribution in [0.2, 0.25) is 0 Å². The molecular weight excluding hydrogens is 351 g/mol. The number of anilines is 1. The Labute approximate surface area is 156 Å². The van der Waals surface area contributed by atoms with E-state index in [-0.39, 0.29) is 5.57 Å². The maximum Gasteiger partial charge on any atom is 0.266 e. The first-order chi connectivity index (χ1) is 13.0. The fourth-order valence-electron chi connectivity index (χ4n) is 2.32. The number of hydrogen-bond acceptors (Lipinski definition) is 5. The predicted molar refractivity (Wildman–Crippen MR) is 99.3 cm³/mol. The van der Waals surface area contributed by atoms with Crippen LogP contribution in [0.25, 0.3) is 6.08 Å². The van der Waals surface area contributed by atoms with E-state index in [0.29, 0.717) is 35.1 Å². The van der Waals surface area contributed by atoms with Crippen molar-refractivity contribution in [2.45, 2.75) is 6.92 Å². The third-order valence-corrected chi connectivity index (χ3v) is 3.55. The van der Waals surface area contributed by atoms with E-state index >= 15 is 0 Å². The van der Waals surface area contributed by atoms with Gasteiger partial charge in [-0.25, -0.2) is 4.39 Å². The van der Waals surface area contributed by atoms with Crippen LogP contribution in [0.3, 0.4) is 0 Å². The number of nitriles is 1. The van der Waals surface area contributed by atoms with Crippen LogP contribution >= 0.6 is 0 Å². The van der Waals surface area contributed by atoms with Crippen molar-refractivity contribution in [3.8, 4) is 23.3 Å². The summed E-state index contributed by atoms with van der Waals surface area (Å²) in [4.78, 5) is 12.3. The standard InChI is InChI=1S/C20H19FN2O4/c1-4-27-19-17(25-2)10-13(11-18(19)26-3)9-14(12-22)20(24)23-16-7-5-15(21)6-8-16/h5-11H,4H2,1-3H3,(H,23,24). The molecule has 0 bridgehead atoms. The molecule has 0 unspecified atom stereocenters. The van der Waals surface area contributed by atoms with Gasteiger partial charge in [0.2, 0.25) is 5.75 Å². The molecule has 0 heterocycles. The highest BCUT2D eigenvalue weighted by Gasteiger charge is 2.15. The first-order valence-electron chi connectivity index (χ1n) is 8.09. The maximum absolute atomic E-state index is 13.0. The molecule has 0 aliphatic carbocycles. The van der Waals surface area contributed by atoms with Crippen molar-refractivity contribution in [1.82, 2.24) is 0 Å². The Kier molecular flexibility index (Phi) is 6.78. The summed E-state index contributed by atoms with van der Waals surface area (Å²) >= 11 is 0. The molecule has 7 heteroatoms. The maximum atomic E-state index is 13.0. The Balaban J connectivity index is 2.34. The lowest BCUT2D eigenvalue weighted by Gasteiger charge is -2.14. The molecule has 1 amide bonds. The Morgan fingerprint density at radius 3 is 2.26 bits per heavy atom. The van der Waals surface area contributed by atoms with Crippen LogP contribution in [0, 0.1) is 17.1 Å². The summed E-state index contributed by atoms with van der Waals surface area (Å²) in [5.41, 5.74) is 0.773. The van der Waals surface area contributed by atoms with Gasteiger partial charge in [-0.2, -0.15) is 5.26 Å². The highest BCUT2D eigenvalue weighted by Crippen LogP contribution is 2.39. The van der Waals surface area contributed by atoms with E-state index in [1.165, 1.54) is 44.6 Å². The first-order valence-corrected chi connectivity index (χ1v) is 8.09. The van der Waals surface area contributed by atoms with Crippen molar-refractivity contribution in [1.29, 1.82) is 5.26 Å². The Hall–Kier alpha value is -3.53. The van der Waals surface area contributed by atoms with Gasteiger partial charge in [-0.15, -0.1) is 0 Å². The number of carbonyl (C=O) groups is 1. The van der Waals surface area contributed by atoms with Gasteiger partial charge >= 0.3 is 0 Å². The molecule has 0 radical (unpaired) electrons. The average molecular weight is 370 g/mol. The van der Waals surface area contributed by atoms with Crippen LogP contribution in [0.5, 0.6) is 17.2 Å². The number of nitrogens with one attached hydrogen (secondary N) is 1. The third kappa shape index (κ3) is 4.98. The van der Waals surface area contributed by atoms with E-state index in [1.54, 1.807) is 12.1 Å². The number of rotatable bonds is 7. The summed E-state index contributed by atoms with van der Waals surface area (Å²) in [6, 6.07) is 10.4. The smallest absolute Gasteiger partial charge is 0.266 e. The molecule has 0 saturated heterocycles. The van der Waals surface area contributed by atoms with E-state index in [1.807, 2.05) is 13.0 Å². The molecule has 2 aromatic carbocycles. The number of nitrogens with zero attached hydrogens (tertiary/aromatic N) is 1. The fraction of sp³-hybridized carbons (Fsp3) is 0.200. The van der Waals surface area contributed by atoms with Gasteiger partial charge in [-0.1, -0.05) is 0 Å². The van der Waals surface area contributed by atoms with Gasteiger partial charge in [0.1, 0.15) is 17.5 Å². The molecule has 0 saturated carbocycles. The number of amides is 1. The summed E-state index contributed by atoms with van der Waals surface area (Å²) in [5, 5.41) is 11.9. The molecule has 6 nitrogen and oxygen atoms in total. The second-order valence-corrected chi connectivity index (χ2v) is 5.32. The molecule has 140 valence electrons. The highest BCUT2D eigenvalue weighted by atomic mass is 19.1. The van der Waals surface area contributed by atoms with Gasteiger partial charge in [0, 0.05) is 5.69 Å². The number of benzene rings is 2. The van der Waals surface area contributed by atoms with Crippen molar-refractivity contribution in [3.05, 3.63) is 53.4 Å². The van der Waals surface area contributed by atoms with Gasteiger partial charge < -0.3 is 19.5 Å². The van der Waals surface area contributed by atoms with Crippen LogP contribution in [0.15, 0.2) is 42.0 Å². The number of ether oxygens (including phenoxy) is 3. The van der Waals surface area contributed by atoms with Gasteiger partial charge in [0.15, 0.2) is 11.5 Å². The largest absolute Gasteiger partial charge is 0.493 e. The molecule has 2 rings (SSSR count). The monoisotopic (exact) mass is 370 g/mol. The second-order valence-electron chi connectivity index (χ2n) is 5.32. The topological polar surface area (TPSA) is 80.6 Å². The molecular formula is C20H19FN2O4. The summed E-state index contributed by atoms with van der Waals surface area (Å²) in [7, 11) is 2.97. The normalized spacial score (nSPS) is 10.7. The molecule has 0 aliphatic heterocycles. The van der Waals surface area contributed by atoms with E-state index < -0.39 is 11.7 Å². The van der Waals surface area contributed by atoms with Crippen molar-refractivity contribution < 1.29 is 23.4 Å². The zero-order valence-corrected chi connectivity index (χ0v) is 15.2. The Morgan fingerprint density at radius 1 is 1.19 bits per heavy atom. The van der Waals surface area contributed by atoms with Crippen molar-refractivity contribution in [3.63, 3.8) is 0 Å². The van der Waals surface area contributed by atoms with Crippen LogP contribution in [0.4, 0.5) is 10.1 Å². The lowest BCUT2D eigenvalue weighted by Crippen LogP contribution is -2.13. The number of halogens is 1. The van der Waals surface area contributed by atoms with Gasteiger partial charge in [-0.05, 0) is 55.0 Å². The van der Waals surface area contributed by atoms with E-state index in [2.05, 4.69) is 5.32 Å². The SMILES string of the molecule is CCOc1c(OC)cc(C=C(C#N)C(=O)Nc2ccc(F)cc2)cc1OC. The summed E-state index contributed by atoms with van der Waals surface area (Å²) in [6.07, 6.45) is 1.40. The van der Waals surface area contributed by atoms with Crippen LogP contribution in [-0.4, -0.2) is 26.7 Å². The third-order valence-electron chi connectivity index (χ3n) is 3.55. The quantitative estimate of drug-likeness (QED) is 0.592. The van der Waals surface area contributed by atoms with Crippen molar-refractivity contribution in [2.75, 3.05) is 26.1 Å². The number of methoxy groups -OCH3 is 2. The van der Waals surface area contributed by atoms with Gasteiger partial charge in [-0.3, -0.25) is 4.79 Å². The minimum absolute atomic E-state index is 0.132. The van der Waals surface area contributed by atoms with Crippen LogP contribution in [0.1, 0.15) is 12.5 Å². The minimum Gasteiger partial charge on any atom is -0.493 e. The zero-order chi connectivity index (χ0) is 19.8. The van der Waals surface area contributed by atoms with Gasteiger partial charge in [0.25, 0.3) is 5.91 Å². The van der Waals surface area contributed by atoms with Crippen molar-refractivity contribution in [2.24, 2.45) is 0 Å². The summed E-state index contributed by atoms with van der Waals surface area (Å²) in [5.74, 6) is 0.236. The highest BCUT2D eigenvalue weighted by molar-refractivity contribution is 6.09. The van der Waals surface area contributed by atoms with E-state index in [0.717, 1.165) is 0 Å². The number of carbonyl (C=O) groups excluding carboxylic acids is 1. The summed E-state index contributed by atoms with van der Waals surface area (Å²) < 4.78 is 29.1. The molecule has 0 fully saturated rings. The lowest BCUT2D eigenvalue weighted by atomic mass is 10.1. The lowest BCUT2D eigenvalue weighted by molar-refractivity contribution is -0.112. The summed E-state index contributed by atoms with van der Waals surface area (Å²) in [6.45, 7) is 2.26. The number of hydrogen-bond donors (Lipinski definition) is 1. The molecule has 0 aliphatic rings. The minimum atomic E-state index is -0.615. The van der Waals surface area contributed by atoms with Crippen molar-refractivity contribution >= 4 is 17.7 Å². The van der Waals surface area contributed by atoms with Crippen LogP contribution < -0.4 is 19.5 Å². The average Bonchev–Trinajstić information content (AvgIpc) is 2.68. The second kappa shape index (κ2) is 9.25. The first kappa shape index (κ1) is 19.8. The molecule has 0 spiro atoms. The fourth-order valence-corrected chi connectivity index (χ4v) is 2.32. The van der Waals surface area contributed by atoms with E-state index in [9.17, 15) is 14.4 Å². The molecule has 0 aromatic heterocycles. The molecule has 1 N–H and O–H groups in total.